The molecule has 0 unspecified atom stereocenters. The van der Waals surface area contributed by atoms with E-state index in [0.29, 0.717) is 22.9 Å². The summed E-state index contributed by atoms with van der Waals surface area (Å²) in [7, 11) is 0. The lowest BCUT2D eigenvalue weighted by Gasteiger charge is -2.22. The van der Waals surface area contributed by atoms with E-state index in [0.717, 1.165) is 89.4 Å². The van der Waals surface area contributed by atoms with Crippen LogP contribution in [-0.2, 0) is 10.8 Å². The van der Waals surface area contributed by atoms with Gasteiger partial charge in [-0.15, -0.1) is 0 Å². The number of benzene rings is 14. The zero-order chi connectivity index (χ0) is 70.5. The van der Waals surface area contributed by atoms with Gasteiger partial charge in [0.2, 0.25) is 0 Å². The van der Waals surface area contributed by atoms with E-state index in [1.54, 1.807) is 0 Å². The minimum absolute atomic E-state index is 0.0993. The maximum absolute atomic E-state index is 9.50. The van der Waals surface area contributed by atoms with Gasteiger partial charge in [0.15, 0.2) is 17.3 Å². The third-order valence-electron chi connectivity index (χ3n) is 20.9. The molecule has 2 heterocycles. The molecule has 0 saturated carbocycles. The molecule has 0 atom stereocenters. The second-order valence-electron chi connectivity index (χ2n) is 27.9. The van der Waals surface area contributed by atoms with Crippen molar-refractivity contribution in [3.05, 3.63) is 379 Å². The molecule has 0 aliphatic heterocycles. The highest BCUT2D eigenvalue weighted by molar-refractivity contribution is 5.96. The number of rotatable bonds is 11. The van der Waals surface area contributed by atoms with Crippen molar-refractivity contribution < 1.29 is 0 Å². The molecule has 18 rings (SSSR count). The lowest BCUT2D eigenvalue weighted by atomic mass is 9.81. The molecule has 104 heavy (non-hydrogen) atoms. The normalized spacial score (nSPS) is 12.6. The fourth-order valence-electron chi connectivity index (χ4n) is 15.3. The number of nitriles is 1. The van der Waals surface area contributed by atoms with Crippen LogP contribution < -0.4 is 0 Å². The van der Waals surface area contributed by atoms with Crippen molar-refractivity contribution in [3.63, 3.8) is 0 Å². The monoisotopic (exact) mass is 1330 g/mol. The van der Waals surface area contributed by atoms with Crippen LogP contribution in [0.15, 0.2) is 340 Å². The molecule has 0 amide bonds. The van der Waals surface area contributed by atoms with Crippen LogP contribution in [0, 0.1) is 17.9 Å². The minimum Gasteiger partial charge on any atom is -0.238 e. The van der Waals surface area contributed by atoms with Gasteiger partial charge >= 0.3 is 0 Å². The van der Waals surface area contributed by atoms with E-state index in [4.69, 9.17) is 26.5 Å². The van der Waals surface area contributed by atoms with E-state index in [2.05, 4.69) is 312 Å². The average Bonchev–Trinajstić information content (AvgIpc) is 1.58. The summed E-state index contributed by atoms with van der Waals surface area (Å²) >= 11 is 0. The van der Waals surface area contributed by atoms with Crippen LogP contribution in [0.4, 0.5) is 5.69 Å². The quantitative estimate of drug-likeness (QED) is 0.121. The number of aromatic nitrogens is 4. The highest BCUT2D eigenvalue weighted by Crippen LogP contribution is 2.52. The Bertz CT molecular complexity index is 6080. The van der Waals surface area contributed by atoms with Crippen LogP contribution >= 0.6 is 0 Å². The van der Waals surface area contributed by atoms with E-state index >= 15 is 0 Å². The van der Waals surface area contributed by atoms with E-state index in [-0.39, 0.29) is 10.8 Å². The summed E-state index contributed by atoms with van der Waals surface area (Å²) in [6, 6.07) is 121. The number of nitrogens with zero attached hydrogens (tertiary/aromatic N) is 6. The average molecular weight is 1330 g/mol. The van der Waals surface area contributed by atoms with Crippen LogP contribution in [0.5, 0.6) is 0 Å². The predicted molar refractivity (Wildman–Crippen MR) is 427 cm³/mol. The van der Waals surface area contributed by atoms with Gasteiger partial charge in [0, 0.05) is 44.2 Å². The zero-order valence-corrected chi connectivity index (χ0v) is 58.0. The summed E-state index contributed by atoms with van der Waals surface area (Å²) in [6.45, 7) is 16.6. The van der Waals surface area contributed by atoms with Gasteiger partial charge in [-0.25, -0.2) is 24.8 Å². The maximum atomic E-state index is 9.50. The van der Waals surface area contributed by atoms with Gasteiger partial charge in [0.05, 0.1) is 41.0 Å². The van der Waals surface area contributed by atoms with Gasteiger partial charge in [0.25, 0.3) is 0 Å². The summed E-state index contributed by atoms with van der Waals surface area (Å²) < 4.78 is 0. The van der Waals surface area contributed by atoms with E-state index in [9.17, 15) is 5.26 Å². The Morgan fingerprint density at radius 2 is 0.644 bits per heavy atom. The number of fused-ring (bicyclic) bond motifs is 7. The Balaban J connectivity index is 0.000000154. The van der Waals surface area contributed by atoms with Crippen molar-refractivity contribution in [1.29, 1.82) is 5.26 Å². The molecule has 0 fully saturated rings. The molecule has 0 bridgehead atoms. The van der Waals surface area contributed by atoms with Crippen molar-refractivity contribution >= 4 is 16.5 Å². The first kappa shape index (κ1) is 63.9. The standard InChI is InChI=1S/C50H35N3.C48H33N3/c1-50(2)45-27-25-40(30-43(45)44-31-42(51-3)26-28-46(44)50)36-19-17-35(18-20-36)39-15-10-16-41(29-39)48-32-47(52-49(53-48)38-13-8-5-9-14-38)37-23-21-34(22-24-37)33-11-6-4-7-12-33;1-48(2)43-25-18-31(30-49)26-42(43)40-24-23-37(28-44(40)48)33-21-19-32(20-22-33)36-14-8-15-38(27-36)46-29-45(35-11-4-3-5-12-35)50-47(51-46)41-17-9-13-34-10-6-7-16-39(34)41/h4-32H,1-2H3;3-29H,1-2H3. The second kappa shape index (κ2) is 26.5. The van der Waals surface area contributed by atoms with Crippen molar-refractivity contribution in [2.45, 2.75) is 38.5 Å². The van der Waals surface area contributed by atoms with Crippen LogP contribution in [0.2, 0.25) is 0 Å². The summed E-state index contributed by atoms with van der Waals surface area (Å²) in [6.07, 6.45) is 0. The van der Waals surface area contributed by atoms with Crippen molar-refractivity contribution in [2.75, 3.05) is 0 Å². The summed E-state index contributed by atoms with van der Waals surface area (Å²) in [5, 5.41) is 11.8. The molecule has 6 nitrogen and oxygen atoms in total. The molecule has 0 N–H and O–H groups in total. The van der Waals surface area contributed by atoms with Crippen LogP contribution in [0.1, 0.15) is 55.5 Å². The van der Waals surface area contributed by atoms with Gasteiger partial charge in [-0.05, 0) is 166 Å². The van der Waals surface area contributed by atoms with Gasteiger partial charge in [-0.1, -0.05) is 313 Å². The topological polar surface area (TPSA) is 79.7 Å². The summed E-state index contributed by atoms with van der Waals surface area (Å²) in [4.78, 5) is 24.1. The first-order valence-corrected chi connectivity index (χ1v) is 35.2. The molecule has 16 aromatic rings. The molecule has 6 heteroatoms. The highest BCUT2D eigenvalue weighted by Gasteiger charge is 2.37. The lowest BCUT2D eigenvalue weighted by Crippen LogP contribution is -2.15. The molecule has 0 saturated heterocycles. The molecular weight excluding hydrogens is 1260 g/mol. The van der Waals surface area contributed by atoms with Crippen LogP contribution in [0.25, 0.3) is 161 Å². The van der Waals surface area contributed by atoms with Gasteiger partial charge < -0.3 is 0 Å². The van der Waals surface area contributed by atoms with E-state index in [1.807, 2.05) is 66.7 Å². The van der Waals surface area contributed by atoms with Gasteiger partial charge in [-0.2, -0.15) is 5.26 Å². The molecule has 0 radical (unpaired) electrons. The number of hydrogen-bond donors (Lipinski definition) is 0. The third-order valence-corrected chi connectivity index (χ3v) is 20.9. The van der Waals surface area contributed by atoms with Gasteiger partial charge in [-0.3, -0.25) is 0 Å². The second-order valence-corrected chi connectivity index (χ2v) is 27.9. The largest absolute Gasteiger partial charge is 0.238 e. The van der Waals surface area contributed by atoms with Crippen molar-refractivity contribution in [2.24, 2.45) is 0 Å². The Labute approximate surface area is 607 Å². The lowest BCUT2D eigenvalue weighted by molar-refractivity contribution is 0.660. The number of hydrogen-bond acceptors (Lipinski definition) is 5. The molecule has 490 valence electrons. The molecule has 2 aromatic heterocycles. The van der Waals surface area contributed by atoms with Crippen LogP contribution in [-0.4, -0.2) is 19.9 Å². The first-order valence-electron chi connectivity index (χ1n) is 35.2. The molecule has 0 spiro atoms. The Morgan fingerprint density at radius 1 is 0.269 bits per heavy atom. The van der Waals surface area contributed by atoms with Crippen molar-refractivity contribution in [3.8, 4) is 152 Å². The van der Waals surface area contributed by atoms with Crippen LogP contribution in [0.3, 0.4) is 0 Å². The van der Waals surface area contributed by atoms with Gasteiger partial charge in [0.1, 0.15) is 0 Å². The molecule has 2 aliphatic carbocycles. The highest BCUT2D eigenvalue weighted by atomic mass is 14.9. The summed E-state index contributed by atoms with van der Waals surface area (Å²) in [5.74, 6) is 1.41. The van der Waals surface area contributed by atoms with E-state index in [1.165, 1.54) is 77.7 Å². The smallest absolute Gasteiger partial charge is 0.187 e. The zero-order valence-electron chi connectivity index (χ0n) is 58.0. The Morgan fingerprint density at radius 3 is 1.22 bits per heavy atom. The predicted octanol–water partition coefficient (Wildman–Crippen LogP) is 25.5. The Hall–Kier alpha value is -13.5. The minimum atomic E-state index is -0.135. The van der Waals surface area contributed by atoms with E-state index < -0.39 is 0 Å². The Kier molecular flexibility index (Phi) is 16.3. The first-order chi connectivity index (χ1) is 50.9. The molecule has 2 aliphatic rings. The molecular formula is C98H68N6. The summed E-state index contributed by atoms with van der Waals surface area (Å²) in [5.41, 5.74) is 32.3. The fourth-order valence-corrected chi connectivity index (χ4v) is 15.3. The van der Waals surface area contributed by atoms with Crippen molar-refractivity contribution in [1.82, 2.24) is 19.9 Å². The maximum Gasteiger partial charge on any atom is 0.187 e. The SMILES string of the molecule is CC1(C)c2ccc(C#N)cc2-c2ccc(-c3ccc(-c4cccc(-c5cc(-c6ccccc6)nc(-c6cccc7ccccc67)n5)c4)cc3)cc21.[C-]#[N+]c1ccc2c(c1)-c1cc(-c3ccc(-c4cccc(-c5cc(-c6ccc(-c7ccccc7)cc6)nc(-c6ccccc6)n5)c4)cc3)ccc1C2(C)C. The fraction of sp³-hybridized carbons (Fsp3) is 0.0612. The third kappa shape index (κ3) is 12.0. The molecule has 14 aromatic carbocycles.